The Hall–Kier alpha value is -2.55. The summed E-state index contributed by atoms with van der Waals surface area (Å²) in [5.74, 6) is 4.29. The number of hydrazine groups is 1. The number of alkyl halides is 3. The number of amides is 1. The maximum Gasteiger partial charge on any atom is 0.418 e. The molecule has 1 aromatic heterocycles. The summed E-state index contributed by atoms with van der Waals surface area (Å²) < 4.78 is 42.9. The first-order valence-corrected chi connectivity index (χ1v) is 5.30. The van der Waals surface area contributed by atoms with Crippen LogP contribution in [-0.4, -0.2) is 11.1 Å². The third-order valence-electron chi connectivity index (χ3n) is 2.43. The van der Waals surface area contributed by atoms with E-state index in [9.17, 15) is 18.0 Å². The molecule has 1 aromatic carbocycles. The Bertz CT molecular complexity index is 611. The van der Waals surface area contributed by atoms with Crippen LogP contribution in [0.4, 0.5) is 24.5 Å². The molecule has 0 saturated heterocycles. The Morgan fingerprint density at radius 2 is 2.10 bits per heavy atom. The molecule has 0 aliphatic carbocycles. The van der Waals surface area contributed by atoms with Crippen LogP contribution in [0.2, 0.25) is 0 Å². The number of rotatable bonds is 3. The molecule has 9 heteroatoms. The average Bonchev–Trinajstić information content (AvgIpc) is 2.89. The molecule has 1 heterocycles. The number of anilines is 2. The van der Waals surface area contributed by atoms with Crippen LogP contribution in [0.1, 0.15) is 15.9 Å². The van der Waals surface area contributed by atoms with Crippen LogP contribution in [-0.2, 0) is 6.18 Å². The number of aromatic nitrogens is 1. The first-order valence-electron chi connectivity index (χ1n) is 5.30. The summed E-state index contributed by atoms with van der Waals surface area (Å²) in [6, 6.07) is 3.00. The molecule has 106 valence electrons. The van der Waals surface area contributed by atoms with Gasteiger partial charge in [-0.2, -0.15) is 13.2 Å². The lowest BCUT2D eigenvalue weighted by atomic mass is 10.1. The lowest BCUT2D eigenvalue weighted by Gasteiger charge is -2.13. The Morgan fingerprint density at radius 1 is 1.35 bits per heavy atom. The van der Waals surface area contributed by atoms with Gasteiger partial charge in [-0.1, -0.05) is 5.16 Å². The molecule has 0 atom stereocenters. The molecule has 0 aliphatic heterocycles. The minimum atomic E-state index is -4.63. The maximum atomic E-state index is 12.8. The summed E-state index contributed by atoms with van der Waals surface area (Å²) in [6.45, 7) is 0. The number of nitrogens with two attached hydrogens (primary N) is 1. The number of carbonyl (C=O) groups is 1. The number of carbonyl (C=O) groups excluding carboxylic acids is 1. The highest BCUT2D eigenvalue weighted by Crippen LogP contribution is 2.35. The van der Waals surface area contributed by atoms with Crippen LogP contribution in [0.5, 0.6) is 0 Å². The van der Waals surface area contributed by atoms with E-state index in [0.717, 1.165) is 12.3 Å². The molecular formula is C11H9F3N4O2. The fourth-order valence-corrected chi connectivity index (χ4v) is 1.52. The van der Waals surface area contributed by atoms with Crippen LogP contribution >= 0.6 is 0 Å². The number of hydrogen-bond acceptors (Lipinski definition) is 5. The maximum absolute atomic E-state index is 12.8. The molecule has 6 nitrogen and oxygen atoms in total. The van der Waals surface area contributed by atoms with E-state index >= 15 is 0 Å². The highest BCUT2D eigenvalue weighted by atomic mass is 19.4. The molecule has 1 amide bonds. The van der Waals surface area contributed by atoms with Gasteiger partial charge in [0.05, 0.1) is 17.4 Å². The Kier molecular flexibility index (Phi) is 3.61. The smallest absolute Gasteiger partial charge is 0.363 e. The van der Waals surface area contributed by atoms with Crippen molar-refractivity contribution in [2.45, 2.75) is 6.18 Å². The Balaban J connectivity index is 2.31. The van der Waals surface area contributed by atoms with E-state index in [4.69, 9.17) is 5.84 Å². The van der Waals surface area contributed by atoms with Gasteiger partial charge in [0, 0.05) is 5.56 Å². The molecule has 4 N–H and O–H groups in total. The molecule has 0 fully saturated rings. The summed E-state index contributed by atoms with van der Waals surface area (Å²) in [5.41, 5.74) is 0.659. The second-order valence-corrected chi connectivity index (χ2v) is 3.77. The van der Waals surface area contributed by atoms with E-state index < -0.39 is 17.6 Å². The molecule has 20 heavy (non-hydrogen) atoms. The first-order chi connectivity index (χ1) is 9.41. The minimum Gasteiger partial charge on any atom is -0.363 e. The zero-order valence-electron chi connectivity index (χ0n) is 9.86. The topological polar surface area (TPSA) is 93.2 Å². The van der Waals surface area contributed by atoms with Crippen LogP contribution in [0.25, 0.3) is 0 Å². The van der Waals surface area contributed by atoms with Crippen molar-refractivity contribution < 1.29 is 22.5 Å². The standard InChI is InChI=1S/C11H9F3N4O2/c12-11(13,14)8-3-6(1-2-9(8)18-15)10(19)17-7-4-16-20-5-7/h1-5,18H,15H2,(H,17,19). The molecule has 2 aromatic rings. The van der Waals surface area contributed by atoms with Crippen molar-refractivity contribution in [3.63, 3.8) is 0 Å². The van der Waals surface area contributed by atoms with Crippen molar-refractivity contribution in [1.82, 2.24) is 5.16 Å². The second kappa shape index (κ2) is 5.21. The van der Waals surface area contributed by atoms with Gasteiger partial charge in [-0.3, -0.25) is 10.6 Å². The van der Waals surface area contributed by atoms with Gasteiger partial charge in [0.15, 0.2) is 0 Å². The number of benzene rings is 1. The summed E-state index contributed by atoms with van der Waals surface area (Å²) in [6.07, 6.45) is -2.26. The zero-order chi connectivity index (χ0) is 14.8. The molecule has 0 aliphatic rings. The highest BCUT2D eigenvalue weighted by Gasteiger charge is 2.34. The van der Waals surface area contributed by atoms with Crippen LogP contribution in [0.3, 0.4) is 0 Å². The van der Waals surface area contributed by atoms with E-state index in [1.165, 1.54) is 12.3 Å². The fourth-order valence-electron chi connectivity index (χ4n) is 1.52. The van der Waals surface area contributed by atoms with Gasteiger partial charge in [0.25, 0.3) is 5.91 Å². The Labute approximate surface area is 110 Å². The van der Waals surface area contributed by atoms with Crippen molar-refractivity contribution in [2.75, 3.05) is 10.7 Å². The van der Waals surface area contributed by atoms with Crippen molar-refractivity contribution in [2.24, 2.45) is 5.84 Å². The number of nitrogen functional groups attached to an aromatic ring is 1. The van der Waals surface area contributed by atoms with Gasteiger partial charge < -0.3 is 15.3 Å². The summed E-state index contributed by atoms with van der Waals surface area (Å²) >= 11 is 0. The third-order valence-corrected chi connectivity index (χ3v) is 2.43. The van der Waals surface area contributed by atoms with Gasteiger partial charge in [0.1, 0.15) is 12.0 Å². The molecule has 0 spiro atoms. The van der Waals surface area contributed by atoms with Gasteiger partial charge in [0.2, 0.25) is 0 Å². The molecule has 2 rings (SSSR count). The molecule has 0 saturated carbocycles. The average molecular weight is 286 g/mol. The molecule has 0 bridgehead atoms. The van der Waals surface area contributed by atoms with E-state index in [1.54, 1.807) is 0 Å². The van der Waals surface area contributed by atoms with E-state index in [1.807, 2.05) is 5.43 Å². The predicted molar refractivity (Wildman–Crippen MR) is 63.7 cm³/mol. The number of nitrogens with one attached hydrogen (secondary N) is 2. The highest BCUT2D eigenvalue weighted by molar-refractivity contribution is 6.04. The van der Waals surface area contributed by atoms with Gasteiger partial charge in [-0.05, 0) is 18.2 Å². The molecule has 0 unspecified atom stereocenters. The lowest BCUT2D eigenvalue weighted by Crippen LogP contribution is -2.17. The van der Waals surface area contributed by atoms with Crippen molar-refractivity contribution >= 4 is 17.3 Å². The van der Waals surface area contributed by atoms with Crippen molar-refractivity contribution in [3.05, 3.63) is 41.8 Å². The fraction of sp³-hybridized carbons (Fsp3) is 0.0909. The largest absolute Gasteiger partial charge is 0.418 e. The molecular weight excluding hydrogens is 277 g/mol. The van der Waals surface area contributed by atoms with Crippen molar-refractivity contribution in [3.8, 4) is 0 Å². The minimum absolute atomic E-state index is 0.169. The second-order valence-electron chi connectivity index (χ2n) is 3.77. The third kappa shape index (κ3) is 2.88. The quantitative estimate of drug-likeness (QED) is 0.594. The summed E-state index contributed by atoms with van der Waals surface area (Å²) in [5, 5.41) is 5.70. The Morgan fingerprint density at radius 3 is 2.65 bits per heavy atom. The zero-order valence-corrected chi connectivity index (χ0v) is 9.86. The molecule has 0 radical (unpaired) electrons. The number of nitrogens with zero attached hydrogens (tertiary/aromatic N) is 1. The summed E-state index contributed by atoms with van der Waals surface area (Å²) in [4.78, 5) is 11.8. The first kappa shape index (κ1) is 13.9. The van der Waals surface area contributed by atoms with Crippen LogP contribution < -0.4 is 16.6 Å². The van der Waals surface area contributed by atoms with Crippen LogP contribution in [0, 0.1) is 0 Å². The predicted octanol–water partition coefficient (Wildman–Crippen LogP) is 2.23. The van der Waals surface area contributed by atoms with E-state index in [2.05, 4.69) is 15.0 Å². The van der Waals surface area contributed by atoms with Crippen LogP contribution in [0.15, 0.2) is 35.2 Å². The number of hydrogen-bond donors (Lipinski definition) is 3. The van der Waals surface area contributed by atoms with Gasteiger partial charge in [-0.15, -0.1) is 0 Å². The number of halogens is 3. The van der Waals surface area contributed by atoms with E-state index in [0.29, 0.717) is 6.07 Å². The SMILES string of the molecule is NNc1ccc(C(=O)Nc2cnoc2)cc1C(F)(F)F. The van der Waals surface area contributed by atoms with Gasteiger partial charge >= 0.3 is 6.18 Å². The monoisotopic (exact) mass is 286 g/mol. The van der Waals surface area contributed by atoms with Crippen molar-refractivity contribution in [1.29, 1.82) is 0 Å². The van der Waals surface area contributed by atoms with E-state index in [-0.39, 0.29) is 16.9 Å². The van der Waals surface area contributed by atoms with Gasteiger partial charge in [-0.25, -0.2) is 0 Å². The summed E-state index contributed by atoms with van der Waals surface area (Å²) in [7, 11) is 0. The lowest BCUT2D eigenvalue weighted by molar-refractivity contribution is -0.137. The normalized spacial score (nSPS) is 11.2.